The van der Waals surface area contributed by atoms with Gasteiger partial charge in [0.2, 0.25) is 0 Å². The van der Waals surface area contributed by atoms with Crippen molar-refractivity contribution in [2.75, 3.05) is 7.11 Å². The quantitative estimate of drug-likeness (QED) is 0.575. The van der Waals surface area contributed by atoms with Crippen molar-refractivity contribution in [3.8, 4) is 0 Å². The zero-order valence-electron chi connectivity index (χ0n) is 6.15. The first kappa shape index (κ1) is 7.57. The van der Waals surface area contributed by atoms with Crippen LogP contribution in [0, 0.1) is 0 Å². The molecule has 0 saturated carbocycles. The van der Waals surface area contributed by atoms with E-state index in [-0.39, 0.29) is 12.2 Å². The molecule has 0 bridgehead atoms. The van der Waals surface area contributed by atoms with E-state index < -0.39 is 6.10 Å². The van der Waals surface area contributed by atoms with Crippen molar-refractivity contribution >= 4 is 0 Å². The van der Waals surface area contributed by atoms with Crippen molar-refractivity contribution in [3.05, 3.63) is 12.3 Å². The van der Waals surface area contributed by atoms with E-state index in [2.05, 4.69) is 0 Å². The highest BCUT2D eigenvalue weighted by atomic mass is 16.5. The predicted octanol–water partition coefficient (Wildman–Crippen LogP) is 0.295. The number of aliphatic hydroxyl groups is 1. The van der Waals surface area contributed by atoms with Crippen LogP contribution in [0.4, 0.5) is 0 Å². The number of aliphatic hydroxyl groups excluding tert-OH is 1. The highest BCUT2D eigenvalue weighted by Crippen LogP contribution is 2.13. The van der Waals surface area contributed by atoms with Crippen molar-refractivity contribution in [2.45, 2.75) is 25.2 Å². The molecule has 0 radical (unpaired) electrons. The molecule has 0 aromatic carbocycles. The highest BCUT2D eigenvalue weighted by molar-refractivity contribution is 4.96. The predicted molar refractivity (Wildman–Crippen MR) is 36.5 cm³/mol. The minimum Gasteiger partial charge on any atom is -0.496 e. The Morgan fingerprint density at radius 2 is 2.30 bits per heavy atom. The van der Waals surface area contributed by atoms with Crippen molar-refractivity contribution in [3.63, 3.8) is 0 Å². The van der Waals surface area contributed by atoms with Gasteiger partial charge in [0, 0.05) is 7.11 Å². The normalized spacial score (nSPS) is 39.3. The first-order chi connectivity index (χ1) is 4.75. The molecule has 1 rings (SSSR count). The monoisotopic (exact) mass is 144 g/mol. The fourth-order valence-electron chi connectivity index (χ4n) is 1.05. The van der Waals surface area contributed by atoms with Crippen molar-refractivity contribution in [1.29, 1.82) is 0 Å². The average Bonchev–Trinajstić information content (AvgIpc) is 1.88. The smallest absolute Gasteiger partial charge is 0.124 e. The van der Waals surface area contributed by atoms with Crippen LogP contribution in [0.3, 0.4) is 0 Å². The summed E-state index contributed by atoms with van der Waals surface area (Å²) in [5.74, 6) is 0. The Labute approximate surface area is 60.3 Å². The van der Waals surface area contributed by atoms with E-state index in [1.54, 1.807) is 13.2 Å². The molecule has 58 valence electrons. The lowest BCUT2D eigenvalue weighted by atomic mass is 10.1. The van der Waals surface area contributed by atoms with Crippen LogP contribution in [0.25, 0.3) is 0 Å². The van der Waals surface area contributed by atoms with Gasteiger partial charge in [-0.25, -0.2) is 0 Å². The first-order valence-corrected chi connectivity index (χ1v) is 3.28. The van der Waals surface area contributed by atoms with E-state index in [4.69, 9.17) is 9.47 Å². The molecule has 0 aliphatic carbocycles. The van der Waals surface area contributed by atoms with Gasteiger partial charge < -0.3 is 14.6 Å². The third kappa shape index (κ3) is 1.30. The van der Waals surface area contributed by atoms with Crippen molar-refractivity contribution in [2.24, 2.45) is 0 Å². The Balaban J connectivity index is 2.58. The largest absolute Gasteiger partial charge is 0.496 e. The molecule has 3 nitrogen and oxygen atoms in total. The summed E-state index contributed by atoms with van der Waals surface area (Å²) >= 11 is 0. The molecule has 0 amide bonds. The summed E-state index contributed by atoms with van der Waals surface area (Å²) in [6, 6.07) is 0. The van der Waals surface area contributed by atoms with Crippen molar-refractivity contribution in [1.82, 2.24) is 0 Å². The number of ether oxygens (including phenoxy) is 2. The lowest BCUT2D eigenvalue weighted by Gasteiger charge is -2.28. The molecule has 1 aliphatic heterocycles. The summed E-state index contributed by atoms with van der Waals surface area (Å²) in [4.78, 5) is 0. The number of methoxy groups -OCH3 is 1. The molecule has 0 spiro atoms. The van der Waals surface area contributed by atoms with Crippen molar-refractivity contribution < 1.29 is 14.6 Å². The summed E-state index contributed by atoms with van der Waals surface area (Å²) in [7, 11) is 1.56. The zero-order valence-corrected chi connectivity index (χ0v) is 6.15. The minimum atomic E-state index is -0.534. The molecule has 0 aromatic heterocycles. The highest BCUT2D eigenvalue weighted by Gasteiger charge is 2.26. The van der Waals surface area contributed by atoms with Crippen LogP contribution in [0.15, 0.2) is 12.3 Å². The van der Waals surface area contributed by atoms with Gasteiger partial charge in [-0.2, -0.15) is 0 Å². The molecule has 10 heavy (non-hydrogen) atoms. The van der Waals surface area contributed by atoms with E-state index >= 15 is 0 Å². The molecular weight excluding hydrogens is 132 g/mol. The van der Waals surface area contributed by atoms with E-state index in [0.717, 1.165) is 0 Å². The average molecular weight is 144 g/mol. The summed E-state index contributed by atoms with van der Waals surface area (Å²) in [6.07, 6.45) is 2.25. The SMILES string of the molecule is CO[C@H]1[C@H](C)OC=C[C@@H]1O. The van der Waals surface area contributed by atoms with Crippen LogP contribution < -0.4 is 0 Å². The molecular formula is C7H12O3. The van der Waals surface area contributed by atoms with Crippen LogP contribution in [0.5, 0.6) is 0 Å². The molecule has 1 N–H and O–H groups in total. The van der Waals surface area contributed by atoms with E-state index in [9.17, 15) is 5.11 Å². The fraction of sp³-hybridized carbons (Fsp3) is 0.714. The van der Waals surface area contributed by atoms with E-state index in [1.165, 1.54) is 6.26 Å². The molecule has 0 aromatic rings. The summed E-state index contributed by atoms with van der Waals surface area (Å²) < 4.78 is 10.1. The van der Waals surface area contributed by atoms with Gasteiger partial charge in [0.1, 0.15) is 18.3 Å². The molecule has 3 heteroatoms. The zero-order chi connectivity index (χ0) is 7.56. The van der Waals surface area contributed by atoms with E-state index in [1.807, 2.05) is 6.92 Å². The Morgan fingerprint density at radius 3 is 2.70 bits per heavy atom. The van der Waals surface area contributed by atoms with Gasteiger partial charge in [0.25, 0.3) is 0 Å². The summed E-state index contributed by atoms with van der Waals surface area (Å²) in [6.45, 7) is 1.86. The molecule has 0 saturated heterocycles. The van der Waals surface area contributed by atoms with Crippen LogP contribution >= 0.6 is 0 Å². The molecule has 1 heterocycles. The van der Waals surface area contributed by atoms with Crippen LogP contribution in [0.1, 0.15) is 6.92 Å². The summed E-state index contributed by atoms with van der Waals surface area (Å²) in [5.41, 5.74) is 0. The second kappa shape index (κ2) is 3.03. The second-order valence-electron chi connectivity index (χ2n) is 2.36. The second-order valence-corrected chi connectivity index (χ2v) is 2.36. The Morgan fingerprint density at radius 1 is 1.60 bits per heavy atom. The van der Waals surface area contributed by atoms with Gasteiger partial charge >= 0.3 is 0 Å². The minimum absolute atomic E-state index is 0.0648. The van der Waals surface area contributed by atoms with Gasteiger partial charge in [-0.05, 0) is 13.0 Å². The third-order valence-corrected chi connectivity index (χ3v) is 1.64. The topological polar surface area (TPSA) is 38.7 Å². The maximum Gasteiger partial charge on any atom is 0.124 e. The van der Waals surface area contributed by atoms with Crippen LogP contribution in [0.2, 0.25) is 0 Å². The Bertz CT molecular complexity index is 133. The maximum atomic E-state index is 9.25. The van der Waals surface area contributed by atoms with Gasteiger partial charge in [-0.1, -0.05) is 0 Å². The molecule has 3 atom stereocenters. The fourth-order valence-corrected chi connectivity index (χ4v) is 1.05. The van der Waals surface area contributed by atoms with Gasteiger partial charge in [0.05, 0.1) is 6.26 Å². The summed E-state index contributed by atoms with van der Waals surface area (Å²) in [5, 5.41) is 9.25. The third-order valence-electron chi connectivity index (χ3n) is 1.64. The lowest BCUT2D eigenvalue weighted by molar-refractivity contribution is -0.0764. The Kier molecular flexibility index (Phi) is 2.29. The van der Waals surface area contributed by atoms with Gasteiger partial charge in [-0.3, -0.25) is 0 Å². The molecule has 1 aliphatic rings. The van der Waals surface area contributed by atoms with Crippen LogP contribution in [-0.2, 0) is 9.47 Å². The van der Waals surface area contributed by atoms with Gasteiger partial charge in [-0.15, -0.1) is 0 Å². The lowest BCUT2D eigenvalue weighted by Crippen LogP contribution is -2.39. The molecule has 0 unspecified atom stereocenters. The standard InChI is InChI=1S/C7H12O3/c1-5-7(9-2)6(8)3-4-10-5/h3-8H,1-2H3/t5-,6-,7-/m0/s1. The van der Waals surface area contributed by atoms with E-state index in [0.29, 0.717) is 0 Å². The Hall–Kier alpha value is -0.540. The number of rotatable bonds is 1. The van der Waals surface area contributed by atoms with Gasteiger partial charge in [0.15, 0.2) is 0 Å². The van der Waals surface area contributed by atoms with Crippen LogP contribution in [-0.4, -0.2) is 30.5 Å². The number of hydrogen-bond donors (Lipinski definition) is 1. The number of hydrogen-bond acceptors (Lipinski definition) is 3. The molecule has 0 fully saturated rings. The maximum absolute atomic E-state index is 9.25. The first-order valence-electron chi connectivity index (χ1n) is 3.28.